The number of benzene rings is 1. The fourth-order valence-electron chi connectivity index (χ4n) is 1.23. The number of aryl methyl sites for hydroxylation is 1. The normalized spacial score (nSPS) is 10.8. The maximum absolute atomic E-state index is 5.81. The van der Waals surface area contributed by atoms with Crippen molar-refractivity contribution in [1.82, 2.24) is 9.78 Å². The Balaban J connectivity index is 2.97. The Morgan fingerprint density at radius 2 is 2.25 bits per heavy atom. The molecule has 12 heavy (non-hydrogen) atoms. The van der Waals surface area contributed by atoms with E-state index in [9.17, 15) is 0 Å². The summed E-state index contributed by atoms with van der Waals surface area (Å²) in [4.78, 5) is 0. The van der Waals surface area contributed by atoms with Crippen molar-refractivity contribution in [3.8, 4) is 0 Å². The van der Waals surface area contributed by atoms with Crippen LogP contribution in [0.2, 0.25) is 0 Å². The second-order valence-corrected chi connectivity index (χ2v) is 3.50. The van der Waals surface area contributed by atoms with Crippen molar-refractivity contribution in [2.24, 2.45) is 7.05 Å². The molecule has 0 amide bonds. The highest BCUT2D eigenvalue weighted by molar-refractivity contribution is 9.10. The summed E-state index contributed by atoms with van der Waals surface area (Å²) in [6.45, 7) is 0. The Morgan fingerprint density at radius 1 is 1.50 bits per heavy atom. The molecule has 0 aliphatic rings. The summed E-state index contributed by atoms with van der Waals surface area (Å²) in [6.07, 6.45) is 0. The van der Waals surface area contributed by atoms with Crippen LogP contribution < -0.4 is 5.73 Å². The number of aromatic nitrogens is 2. The van der Waals surface area contributed by atoms with E-state index in [4.69, 9.17) is 5.73 Å². The van der Waals surface area contributed by atoms with E-state index in [0.29, 0.717) is 5.82 Å². The van der Waals surface area contributed by atoms with Gasteiger partial charge in [-0.3, -0.25) is 4.68 Å². The van der Waals surface area contributed by atoms with E-state index in [-0.39, 0.29) is 0 Å². The highest BCUT2D eigenvalue weighted by atomic mass is 79.9. The van der Waals surface area contributed by atoms with Crippen LogP contribution in [0, 0.1) is 0 Å². The minimum atomic E-state index is 0.692. The molecule has 0 saturated carbocycles. The second-order valence-electron chi connectivity index (χ2n) is 2.64. The number of fused-ring (bicyclic) bond motifs is 1. The minimum Gasteiger partial charge on any atom is -0.383 e. The molecule has 2 N–H and O–H groups in total. The number of nitrogen functional groups attached to an aromatic ring is 1. The van der Waals surface area contributed by atoms with E-state index in [2.05, 4.69) is 21.0 Å². The molecule has 0 fully saturated rings. The van der Waals surface area contributed by atoms with Gasteiger partial charge in [0.15, 0.2) is 0 Å². The average molecular weight is 226 g/mol. The van der Waals surface area contributed by atoms with Crippen LogP contribution in [0.5, 0.6) is 0 Å². The SMILES string of the molecule is Cn1nc2cccc(Br)c2c1N. The Bertz CT molecular complexity index is 433. The van der Waals surface area contributed by atoms with Gasteiger partial charge in [0.1, 0.15) is 5.82 Å². The third-order valence-corrected chi connectivity index (χ3v) is 2.51. The van der Waals surface area contributed by atoms with E-state index >= 15 is 0 Å². The van der Waals surface area contributed by atoms with Crippen molar-refractivity contribution in [3.63, 3.8) is 0 Å². The van der Waals surface area contributed by atoms with Crippen LogP contribution in [0.1, 0.15) is 0 Å². The van der Waals surface area contributed by atoms with Crippen LogP contribution in [0.4, 0.5) is 5.82 Å². The van der Waals surface area contributed by atoms with Crippen LogP contribution in [-0.2, 0) is 7.05 Å². The number of nitrogens with two attached hydrogens (primary N) is 1. The van der Waals surface area contributed by atoms with Gasteiger partial charge in [-0.25, -0.2) is 0 Å². The Kier molecular flexibility index (Phi) is 1.58. The largest absolute Gasteiger partial charge is 0.383 e. The summed E-state index contributed by atoms with van der Waals surface area (Å²) < 4.78 is 2.67. The highest BCUT2D eigenvalue weighted by Gasteiger charge is 2.07. The van der Waals surface area contributed by atoms with Crippen molar-refractivity contribution in [3.05, 3.63) is 22.7 Å². The monoisotopic (exact) mass is 225 g/mol. The number of hydrogen-bond donors (Lipinski definition) is 1. The summed E-state index contributed by atoms with van der Waals surface area (Å²) in [7, 11) is 1.84. The molecule has 0 atom stereocenters. The quantitative estimate of drug-likeness (QED) is 0.745. The Hall–Kier alpha value is -1.03. The lowest BCUT2D eigenvalue weighted by molar-refractivity contribution is 0.791. The van der Waals surface area contributed by atoms with E-state index in [0.717, 1.165) is 15.4 Å². The number of halogens is 1. The average Bonchev–Trinajstić information content (AvgIpc) is 2.29. The van der Waals surface area contributed by atoms with Crippen LogP contribution in [0.3, 0.4) is 0 Å². The first-order valence-electron chi connectivity index (χ1n) is 3.57. The highest BCUT2D eigenvalue weighted by Crippen LogP contribution is 2.27. The van der Waals surface area contributed by atoms with Gasteiger partial charge in [-0.1, -0.05) is 6.07 Å². The van der Waals surface area contributed by atoms with Gasteiger partial charge in [0.2, 0.25) is 0 Å². The van der Waals surface area contributed by atoms with Gasteiger partial charge in [-0.05, 0) is 28.1 Å². The predicted molar refractivity (Wildman–Crippen MR) is 52.8 cm³/mol. The first-order chi connectivity index (χ1) is 5.70. The minimum absolute atomic E-state index is 0.692. The lowest BCUT2D eigenvalue weighted by atomic mass is 10.2. The van der Waals surface area contributed by atoms with Gasteiger partial charge < -0.3 is 5.73 Å². The molecule has 62 valence electrons. The molecular formula is C8H8BrN3. The summed E-state index contributed by atoms with van der Waals surface area (Å²) in [6, 6.07) is 5.84. The van der Waals surface area contributed by atoms with Gasteiger partial charge in [-0.15, -0.1) is 0 Å². The van der Waals surface area contributed by atoms with Crippen molar-refractivity contribution < 1.29 is 0 Å². The van der Waals surface area contributed by atoms with Crippen LogP contribution in [-0.4, -0.2) is 9.78 Å². The van der Waals surface area contributed by atoms with Gasteiger partial charge in [0.25, 0.3) is 0 Å². The van der Waals surface area contributed by atoms with Gasteiger partial charge >= 0.3 is 0 Å². The lowest BCUT2D eigenvalue weighted by Crippen LogP contribution is -1.96. The maximum atomic E-state index is 5.81. The van der Waals surface area contributed by atoms with E-state index in [1.54, 1.807) is 4.68 Å². The molecule has 0 radical (unpaired) electrons. The molecule has 2 aromatic rings. The molecule has 1 heterocycles. The third-order valence-electron chi connectivity index (χ3n) is 1.85. The maximum Gasteiger partial charge on any atom is 0.130 e. The number of hydrogen-bond acceptors (Lipinski definition) is 2. The number of rotatable bonds is 0. The van der Waals surface area contributed by atoms with E-state index in [1.165, 1.54) is 0 Å². The van der Waals surface area contributed by atoms with Gasteiger partial charge in [-0.2, -0.15) is 5.10 Å². The molecule has 0 unspecified atom stereocenters. The van der Waals surface area contributed by atoms with Crippen LogP contribution in [0.25, 0.3) is 10.9 Å². The fraction of sp³-hybridized carbons (Fsp3) is 0.125. The first kappa shape index (κ1) is 7.61. The zero-order valence-corrected chi connectivity index (χ0v) is 8.17. The standard InChI is InChI=1S/C8H8BrN3/c1-12-8(10)7-5(9)3-2-4-6(7)11-12/h2-4H,10H2,1H3. The lowest BCUT2D eigenvalue weighted by Gasteiger charge is -1.94. The molecular weight excluding hydrogens is 218 g/mol. The fourth-order valence-corrected chi connectivity index (χ4v) is 1.79. The van der Waals surface area contributed by atoms with Crippen molar-refractivity contribution in [1.29, 1.82) is 0 Å². The molecule has 0 aliphatic heterocycles. The first-order valence-corrected chi connectivity index (χ1v) is 4.36. The van der Waals surface area contributed by atoms with E-state index in [1.807, 2.05) is 25.2 Å². The van der Waals surface area contributed by atoms with Gasteiger partial charge in [0, 0.05) is 11.5 Å². The Morgan fingerprint density at radius 3 is 2.92 bits per heavy atom. The third kappa shape index (κ3) is 0.914. The van der Waals surface area contributed by atoms with Crippen LogP contribution in [0.15, 0.2) is 22.7 Å². The molecule has 0 spiro atoms. The van der Waals surface area contributed by atoms with E-state index < -0.39 is 0 Å². The predicted octanol–water partition coefficient (Wildman–Crippen LogP) is 1.92. The second kappa shape index (κ2) is 2.48. The molecule has 1 aromatic carbocycles. The Labute approximate surface area is 78.3 Å². The summed E-state index contributed by atoms with van der Waals surface area (Å²) in [5.41, 5.74) is 6.73. The van der Waals surface area contributed by atoms with Crippen molar-refractivity contribution in [2.75, 3.05) is 5.73 Å². The molecule has 2 rings (SSSR count). The van der Waals surface area contributed by atoms with Crippen LogP contribution >= 0.6 is 15.9 Å². The molecule has 1 aromatic heterocycles. The number of anilines is 1. The number of nitrogens with zero attached hydrogens (tertiary/aromatic N) is 2. The topological polar surface area (TPSA) is 43.8 Å². The summed E-state index contributed by atoms with van der Waals surface area (Å²) in [5, 5.41) is 5.22. The zero-order chi connectivity index (χ0) is 8.72. The molecule has 0 saturated heterocycles. The molecule has 0 bridgehead atoms. The van der Waals surface area contributed by atoms with Crippen molar-refractivity contribution in [2.45, 2.75) is 0 Å². The zero-order valence-electron chi connectivity index (χ0n) is 6.58. The van der Waals surface area contributed by atoms with Gasteiger partial charge in [0.05, 0.1) is 10.9 Å². The smallest absolute Gasteiger partial charge is 0.130 e. The molecule has 0 aliphatic carbocycles. The molecule has 4 heteroatoms. The summed E-state index contributed by atoms with van der Waals surface area (Å²) in [5.74, 6) is 0.692. The molecule has 3 nitrogen and oxygen atoms in total. The summed E-state index contributed by atoms with van der Waals surface area (Å²) >= 11 is 3.43. The van der Waals surface area contributed by atoms with Crippen molar-refractivity contribution >= 4 is 32.7 Å².